The molecule has 1 fully saturated rings. The van der Waals surface area contributed by atoms with E-state index >= 15 is 0 Å². The third kappa shape index (κ3) is 1.51. The number of aliphatic hydroxyl groups is 1. The van der Waals surface area contributed by atoms with E-state index < -0.39 is 11.9 Å². The van der Waals surface area contributed by atoms with E-state index in [2.05, 4.69) is 0 Å². The summed E-state index contributed by atoms with van der Waals surface area (Å²) >= 11 is 5.26. The van der Waals surface area contributed by atoms with Gasteiger partial charge in [0.25, 0.3) is 0 Å². The van der Waals surface area contributed by atoms with E-state index in [1.165, 1.54) is 4.90 Å². The molecule has 3 amide bonds. The molecule has 68 valence electrons. The van der Waals surface area contributed by atoms with Gasteiger partial charge in [-0.3, -0.25) is 14.6 Å². The Hall–Kier alpha value is -0.810. The Morgan fingerprint density at radius 1 is 1.58 bits per heavy atom. The predicted octanol–water partition coefficient (Wildman–Crippen LogP) is -0.561. The van der Waals surface area contributed by atoms with E-state index in [1.807, 2.05) is 0 Å². The normalized spacial score (nSPS) is 17.3. The maximum absolute atomic E-state index is 11.1. The quantitative estimate of drug-likeness (QED) is 0.597. The molecule has 0 radical (unpaired) electrons. The molecular formula is C6H9ClN2O3. The number of alkyl halides is 1. The van der Waals surface area contributed by atoms with Crippen LogP contribution in [0.1, 0.15) is 0 Å². The van der Waals surface area contributed by atoms with Crippen LogP contribution in [0.2, 0.25) is 0 Å². The monoisotopic (exact) mass is 192 g/mol. The largest absolute Gasteiger partial charge is 0.376 e. The van der Waals surface area contributed by atoms with Crippen LogP contribution in [0.5, 0.6) is 0 Å². The Morgan fingerprint density at radius 2 is 2.25 bits per heavy atom. The van der Waals surface area contributed by atoms with E-state index in [0.717, 1.165) is 4.90 Å². The van der Waals surface area contributed by atoms with Crippen molar-refractivity contribution < 1.29 is 14.7 Å². The van der Waals surface area contributed by atoms with Gasteiger partial charge in [0.05, 0.1) is 0 Å². The van der Waals surface area contributed by atoms with Crippen molar-refractivity contribution in [3.05, 3.63) is 0 Å². The van der Waals surface area contributed by atoms with Crippen molar-refractivity contribution in [3.63, 3.8) is 0 Å². The molecule has 5 nitrogen and oxygen atoms in total. The second-order valence-corrected chi connectivity index (χ2v) is 2.63. The highest BCUT2D eigenvalue weighted by molar-refractivity contribution is 6.28. The van der Waals surface area contributed by atoms with Crippen LogP contribution in [0.4, 0.5) is 4.79 Å². The first-order valence-corrected chi connectivity index (χ1v) is 4.00. The molecule has 0 unspecified atom stereocenters. The minimum atomic E-state index is -0.469. The maximum Gasteiger partial charge on any atom is 0.328 e. The zero-order valence-corrected chi connectivity index (χ0v) is 7.12. The van der Waals surface area contributed by atoms with E-state index in [-0.39, 0.29) is 12.6 Å². The van der Waals surface area contributed by atoms with Gasteiger partial charge in [0.2, 0.25) is 5.91 Å². The number of halogens is 1. The molecule has 1 N–H and O–H groups in total. The molecule has 6 heteroatoms. The third-order valence-corrected chi connectivity index (χ3v) is 1.91. The average Bonchev–Trinajstić information content (AvgIpc) is 2.45. The van der Waals surface area contributed by atoms with Crippen molar-refractivity contribution in [1.82, 2.24) is 9.80 Å². The lowest BCUT2D eigenvalue weighted by Crippen LogP contribution is -2.37. The van der Waals surface area contributed by atoms with Gasteiger partial charge in [-0.05, 0) is 0 Å². The van der Waals surface area contributed by atoms with Gasteiger partial charge in [0, 0.05) is 13.1 Å². The van der Waals surface area contributed by atoms with Crippen LogP contribution in [-0.4, -0.2) is 52.5 Å². The highest BCUT2D eigenvalue weighted by atomic mass is 35.5. The zero-order chi connectivity index (χ0) is 9.14. The summed E-state index contributed by atoms with van der Waals surface area (Å²) in [5, 5.41) is 8.64. The van der Waals surface area contributed by atoms with Gasteiger partial charge in [-0.1, -0.05) is 0 Å². The number of aliphatic hydroxyl groups excluding tert-OH is 1. The molecule has 0 aliphatic carbocycles. The molecule has 1 aliphatic rings. The summed E-state index contributed by atoms with van der Waals surface area (Å²) in [5.41, 5.74) is 0. The molecular weight excluding hydrogens is 184 g/mol. The Labute approximate surface area is 74.5 Å². The van der Waals surface area contributed by atoms with Gasteiger partial charge in [0.1, 0.15) is 12.6 Å². The van der Waals surface area contributed by atoms with Gasteiger partial charge < -0.3 is 5.11 Å². The summed E-state index contributed by atoms with van der Waals surface area (Å²) < 4.78 is 0. The van der Waals surface area contributed by atoms with E-state index in [0.29, 0.717) is 13.1 Å². The Bertz CT molecular complexity index is 209. The van der Waals surface area contributed by atoms with Crippen molar-refractivity contribution in [2.45, 2.75) is 0 Å². The van der Waals surface area contributed by atoms with Gasteiger partial charge in [-0.15, -0.1) is 11.6 Å². The van der Waals surface area contributed by atoms with Crippen LogP contribution in [0.3, 0.4) is 0 Å². The van der Waals surface area contributed by atoms with Gasteiger partial charge in [-0.2, -0.15) is 0 Å². The molecule has 1 rings (SSSR count). The lowest BCUT2D eigenvalue weighted by Gasteiger charge is -2.13. The first-order valence-electron chi connectivity index (χ1n) is 3.46. The highest BCUT2D eigenvalue weighted by Gasteiger charge is 2.31. The molecule has 1 saturated heterocycles. The summed E-state index contributed by atoms with van der Waals surface area (Å²) in [5.74, 6) is -0.622. The van der Waals surface area contributed by atoms with Crippen molar-refractivity contribution in [3.8, 4) is 0 Å². The van der Waals surface area contributed by atoms with E-state index in [9.17, 15) is 9.59 Å². The van der Waals surface area contributed by atoms with Crippen molar-refractivity contribution in [2.75, 3.05) is 25.7 Å². The predicted molar refractivity (Wildman–Crippen MR) is 41.6 cm³/mol. The van der Waals surface area contributed by atoms with Gasteiger partial charge >= 0.3 is 6.03 Å². The third-order valence-electron chi connectivity index (χ3n) is 1.68. The maximum atomic E-state index is 11.1. The van der Waals surface area contributed by atoms with Crippen molar-refractivity contribution in [1.29, 1.82) is 0 Å². The molecule has 0 saturated carbocycles. The number of carbonyl (C=O) groups excluding carboxylic acids is 2. The van der Waals surface area contributed by atoms with Crippen LogP contribution < -0.4 is 0 Å². The van der Waals surface area contributed by atoms with Crippen molar-refractivity contribution in [2.24, 2.45) is 0 Å². The number of hydrogen-bond acceptors (Lipinski definition) is 3. The fraction of sp³-hybridized carbons (Fsp3) is 0.667. The SMILES string of the molecule is O=C(CCl)N1CCN(CO)C1=O. The lowest BCUT2D eigenvalue weighted by molar-refractivity contribution is -0.125. The first kappa shape index (κ1) is 9.28. The fourth-order valence-electron chi connectivity index (χ4n) is 1.02. The van der Waals surface area contributed by atoms with Crippen LogP contribution >= 0.6 is 11.6 Å². The second-order valence-electron chi connectivity index (χ2n) is 2.37. The minimum Gasteiger partial charge on any atom is -0.376 e. The molecule has 0 aromatic rings. The van der Waals surface area contributed by atoms with Gasteiger partial charge in [-0.25, -0.2) is 4.79 Å². The van der Waals surface area contributed by atoms with Gasteiger partial charge in [0.15, 0.2) is 0 Å². The number of hydrogen-bond donors (Lipinski definition) is 1. The molecule has 1 aliphatic heterocycles. The summed E-state index contributed by atoms with van der Waals surface area (Å²) in [6.45, 7) is 0.327. The topological polar surface area (TPSA) is 60.9 Å². The smallest absolute Gasteiger partial charge is 0.328 e. The number of amides is 3. The molecule has 0 aromatic carbocycles. The van der Waals surface area contributed by atoms with Crippen molar-refractivity contribution >= 4 is 23.5 Å². The second kappa shape index (κ2) is 3.73. The summed E-state index contributed by atoms with van der Waals surface area (Å²) in [7, 11) is 0. The summed E-state index contributed by atoms with van der Waals surface area (Å²) in [6.07, 6.45) is 0. The molecule has 0 atom stereocenters. The first-order chi connectivity index (χ1) is 5.70. The number of imide groups is 1. The number of carbonyl (C=O) groups is 2. The Balaban J connectivity index is 2.60. The average molecular weight is 193 g/mol. The van der Waals surface area contributed by atoms with E-state index in [4.69, 9.17) is 16.7 Å². The lowest BCUT2D eigenvalue weighted by atomic mass is 10.5. The number of rotatable bonds is 2. The number of urea groups is 1. The Kier molecular flexibility index (Phi) is 2.88. The van der Waals surface area contributed by atoms with E-state index in [1.54, 1.807) is 0 Å². The molecule has 0 spiro atoms. The van der Waals surface area contributed by atoms with Crippen LogP contribution in [0.25, 0.3) is 0 Å². The highest BCUT2D eigenvalue weighted by Crippen LogP contribution is 2.07. The molecule has 0 aromatic heterocycles. The minimum absolute atomic E-state index is 0.203. The fourth-order valence-corrected chi connectivity index (χ4v) is 1.16. The Morgan fingerprint density at radius 3 is 2.67 bits per heavy atom. The van der Waals surface area contributed by atoms with Crippen LogP contribution in [-0.2, 0) is 4.79 Å². The summed E-state index contributed by atoms with van der Waals surface area (Å²) in [6, 6.07) is -0.469. The standard InChI is InChI=1S/C6H9ClN2O3/c7-3-5(11)9-2-1-8(4-10)6(9)12/h10H,1-4H2. The van der Waals surface area contributed by atoms with Crippen LogP contribution in [0, 0.1) is 0 Å². The number of nitrogens with zero attached hydrogens (tertiary/aromatic N) is 2. The molecule has 12 heavy (non-hydrogen) atoms. The molecule has 0 bridgehead atoms. The van der Waals surface area contributed by atoms with Crippen LogP contribution in [0.15, 0.2) is 0 Å². The zero-order valence-electron chi connectivity index (χ0n) is 6.36. The summed E-state index contributed by atoms with van der Waals surface area (Å²) in [4.78, 5) is 24.3. The molecule has 1 heterocycles.